The molecule has 6 nitrogen and oxygen atoms in total. The molecule has 3 aromatic rings. The van der Waals surface area contributed by atoms with Gasteiger partial charge in [-0.1, -0.05) is 18.2 Å². The number of nitrogens with zero attached hydrogens (tertiary/aromatic N) is 5. The number of amides is 1. The molecule has 0 saturated carbocycles. The van der Waals surface area contributed by atoms with Crippen molar-refractivity contribution in [3.63, 3.8) is 0 Å². The minimum Gasteiger partial charge on any atom is -0.338 e. The van der Waals surface area contributed by atoms with Crippen molar-refractivity contribution in [3.05, 3.63) is 66.4 Å². The Kier molecular flexibility index (Phi) is 4.96. The topological polar surface area (TPSA) is 63.9 Å². The van der Waals surface area contributed by atoms with Gasteiger partial charge in [0, 0.05) is 43.8 Å². The number of rotatable bonds is 4. The molecule has 1 aromatic carbocycles. The first kappa shape index (κ1) is 17.4. The van der Waals surface area contributed by atoms with Crippen LogP contribution in [0.3, 0.4) is 0 Å². The third kappa shape index (κ3) is 3.89. The molecule has 4 rings (SSSR count). The van der Waals surface area contributed by atoms with Crippen molar-refractivity contribution in [1.82, 2.24) is 24.4 Å². The van der Waals surface area contributed by atoms with Crippen LogP contribution >= 0.6 is 0 Å². The van der Waals surface area contributed by atoms with Gasteiger partial charge < -0.3 is 9.47 Å². The molecular formula is C21H23N5O. The predicted octanol–water partition coefficient (Wildman–Crippen LogP) is 2.97. The quantitative estimate of drug-likeness (QED) is 0.717. The van der Waals surface area contributed by atoms with E-state index >= 15 is 0 Å². The number of carbonyl (C=O) groups is 1. The van der Waals surface area contributed by atoms with Gasteiger partial charge in [0.25, 0.3) is 5.91 Å². The van der Waals surface area contributed by atoms with Gasteiger partial charge in [0.1, 0.15) is 12.0 Å². The summed E-state index contributed by atoms with van der Waals surface area (Å²) in [5.41, 5.74) is 2.60. The minimum absolute atomic E-state index is 0.122. The molecule has 1 fully saturated rings. The third-order valence-corrected chi connectivity index (χ3v) is 5.10. The highest BCUT2D eigenvalue weighted by atomic mass is 16.2. The Morgan fingerprint density at radius 1 is 1.19 bits per heavy atom. The van der Waals surface area contributed by atoms with E-state index in [4.69, 9.17) is 0 Å². The maximum Gasteiger partial charge on any atom is 0.253 e. The fraction of sp³-hybridized carbons (Fsp3) is 0.333. The van der Waals surface area contributed by atoms with Crippen molar-refractivity contribution >= 4 is 5.91 Å². The standard InChI is InChI=1S/C21H23N5O/c1-25-11-9-22-20(25)19-13-18(23-15-24-19)12-16-6-5-10-26(14-16)21(27)17-7-3-2-4-8-17/h2-4,7-9,11,13,15-16H,5-6,10,12,14H2,1H3/t16-/m1/s1. The van der Waals surface area contributed by atoms with Crippen LogP contribution in [0.5, 0.6) is 0 Å². The zero-order valence-electron chi connectivity index (χ0n) is 15.5. The maximum absolute atomic E-state index is 12.7. The molecule has 1 amide bonds. The first-order valence-corrected chi connectivity index (χ1v) is 9.33. The van der Waals surface area contributed by atoms with Gasteiger partial charge >= 0.3 is 0 Å². The number of carbonyl (C=O) groups excluding carboxylic acids is 1. The van der Waals surface area contributed by atoms with Crippen LogP contribution in [0, 0.1) is 5.92 Å². The summed E-state index contributed by atoms with van der Waals surface area (Å²) in [6, 6.07) is 11.5. The fourth-order valence-electron chi connectivity index (χ4n) is 3.72. The van der Waals surface area contributed by atoms with Crippen molar-refractivity contribution < 1.29 is 4.79 Å². The summed E-state index contributed by atoms with van der Waals surface area (Å²) in [7, 11) is 1.96. The van der Waals surface area contributed by atoms with E-state index in [1.165, 1.54) is 0 Å². The van der Waals surface area contributed by atoms with Gasteiger partial charge in [-0.15, -0.1) is 0 Å². The summed E-state index contributed by atoms with van der Waals surface area (Å²) in [5.74, 6) is 1.37. The number of piperidine rings is 1. The summed E-state index contributed by atoms with van der Waals surface area (Å²) in [6.07, 6.45) is 8.27. The summed E-state index contributed by atoms with van der Waals surface area (Å²) in [5, 5.41) is 0. The zero-order chi connectivity index (χ0) is 18.6. The molecular weight excluding hydrogens is 338 g/mol. The van der Waals surface area contributed by atoms with Crippen LogP contribution in [-0.4, -0.2) is 43.4 Å². The van der Waals surface area contributed by atoms with Crippen molar-refractivity contribution in [2.45, 2.75) is 19.3 Å². The van der Waals surface area contributed by atoms with Crippen LogP contribution in [0.2, 0.25) is 0 Å². The Hall–Kier alpha value is -3.02. The molecule has 0 bridgehead atoms. The lowest BCUT2D eigenvalue weighted by Crippen LogP contribution is -2.40. The highest BCUT2D eigenvalue weighted by Crippen LogP contribution is 2.23. The van der Waals surface area contributed by atoms with Crippen LogP contribution in [0.15, 0.2) is 55.1 Å². The lowest BCUT2D eigenvalue weighted by Gasteiger charge is -2.32. The molecule has 3 heterocycles. The number of hydrogen-bond acceptors (Lipinski definition) is 4. The van der Waals surface area contributed by atoms with Gasteiger partial charge in [0.2, 0.25) is 0 Å². The molecule has 1 atom stereocenters. The van der Waals surface area contributed by atoms with E-state index in [-0.39, 0.29) is 5.91 Å². The SMILES string of the molecule is Cn1ccnc1-c1cc(C[C@H]2CCCN(C(=O)c3ccccc3)C2)ncn1. The van der Waals surface area contributed by atoms with E-state index in [0.29, 0.717) is 5.92 Å². The van der Waals surface area contributed by atoms with Gasteiger partial charge in [0.05, 0.1) is 0 Å². The highest BCUT2D eigenvalue weighted by Gasteiger charge is 2.25. The van der Waals surface area contributed by atoms with Gasteiger partial charge in [-0.3, -0.25) is 4.79 Å². The average Bonchev–Trinajstić information content (AvgIpc) is 3.14. The number of aryl methyl sites for hydroxylation is 1. The van der Waals surface area contributed by atoms with E-state index in [9.17, 15) is 4.79 Å². The molecule has 2 aromatic heterocycles. The van der Waals surface area contributed by atoms with Crippen molar-refractivity contribution in [2.75, 3.05) is 13.1 Å². The molecule has 1 saturated heterocycles. The van der Waals surface area contributed by atoms with E-state index < -0.39 is 0 Å². The van der Waals surface area contributed by atoms with Gasteiger partial charge in [-0.05, 0) is 43.4 Å². The number of hydrogen-bond donors (Lipinski definition) is 0. The Bertz CT molecular complexity index is 921. The van der Waals surface area contributed by atoms with Crippen molar-refractivity contribution in [3.8, 4) is 11.5 Å². The van der Waals surface area contributed by atoms with Gasteiger partial charge in [0.15, 0.2) is 5.82 Å². The summed E-state index contributed by atoms with van der Waals surface area (Å²) in [4.78, 5) is 27.9. The summed E-state index contributed by atoms with van der Waals surface area (Å²) in [6.45, 7) is 1.60. The molecule has 1 aliphatic heterocycles. The molecule has 6 heteroatoms. The summed E-state index contributed by atoms with van der Waals surface area (Å²) < 4.78 is 1.95. The number of benzene rings is 1. The maximum atomic E-state index is 12.7. The Morgan fingerprint density at radius 3 is 2.81 bits per heavy atom. The first-order chi connectivity index (χ1) is 13.2. The van der Waals surface area contributed by atoms with Gasteiger partial charge in [-0.25, -0.2) is 15.0 Å². The molecule has 27 heavy (non-hydrogen) atoms. The molecule has 0 aliphatic carbocycles. The fourth-order valence-corrected chi connectivity index (χ4v) is 3.72. The normalized spacial score (nSPS) is 17.1. The lowest BCUT2D eigenvalue weighted by molar-refractivity contribution is 0.0673. The van der Waals surface area contributed by atoms with Crippen LogP contribution < -0.4 is 0 Å². The van der Waals surface area contributed by atoms with Gasteiger partial charge in [-0.2, -0.15) is 0 Å². The number of likely N-dealkylation sites (tertiary alicyclic amines) is 1. The zero-order valence-corrected chi connectivity index (χ0v) is 15.5. The van der Waals surface area contributed by atoms with Crippen molar-refractivity contribution in [1.29, 1.82) is 0 Å². The second-order valence-corrected chi connectivity index (χ2v) is 7.09. The van der Waals surface area contributed by atoms with Crippen LogP contribution in [-0.2, 0) is 13.5 Å². The monoisotopic (exact) mass is 361 g/mol. The number of aromatic nitrogens is 4. The van der Waals surface area contributed by atoms with E-state index in [2.05, 4.69) is 15.0 Å². The molecule has 0 radical (unpaired) electrons. The smallest absolute Gasteiger partial charge is 0.253 e. The number of imidazole rings is 1. The second-order valence-electron chi connectivity index (χ2n) is 7.09. The molecule has 1 aliphatic rings. The Labute approximate surface area is 158 Å². The average molecular weight is 361 g/mol. The van der Waals surface area contributed by atoms with E-state index in [1.54, 1.807) is 12.5 Å². The van der Waals surface area contributed by atoms with E-state index in [1.807, 2.05) is 59.1 Å². The lowest BCUT2D eigenvalue weighted by atomic mass is 9.92. The third-order valence-electron chi connectivity index (χ3n) is 5.10. The van der Waals surface area contributed by atoms with E-state index in [0.717, 1.165) is 55.1 Å². The van der Waals surface area contributed by atoms with Crippen molar-refractivity contribution in [2.24, 2.45) is 13.0 Å². The minimum atomic E-state index is 0.122. The molecule has 138 valence electrons. The summed E-state index contributed by atoms with van der Waals surface area (Å²) >= 11 is 0. The molecule has 0 spiro atoms. The van der Waals surface area contributed by atoms with Crippen LogP contribution in [0.4, 0.5) is 0 Å². The Morgan fingerprint density at radius 2 is 2.04 bits per heavy atom. The molecule has 0 unspecified atom stereocenters. The predicted molar refractivity (Wildman–Crippen MR) is 103 cm³/mol. The molecule has 0 N–H and O–H groups in total. The highest BCUT2D eigenvalue weighted by molar-refractivity contribution is 5.94. The van der Waals surface area contributed by atoms with Crippen LogP contribution in [0.25, 0.3) is 11.5 Å². The first-order valence-electron chi connectivity index (χ1n) is 9.33. The largest absolute Gasteiger partial charge is 0.338 e. The van der Waals surface area contributed by atoms with Crippen LogP contribution in [0.1, 0.15) is 28.9 Å². The second kappa shape index (κ2) is 7.70. The Balaban J connectivity index is 1.45.